The van der Waals surface area contributed by atoms with Gasteiger partial charge < -0.3 is 89.0 Å². The molecule has 15 atom stereocenters. The van der Waals surface area contributed by atoms with Gasteiger partial charge in [0.05, 0.1) is 18.2 Å². The third-order valence-corrected chi connectivity index (χ3v) is 28.7. The van der Waals surface area contributed by atoms with Crippen LogP contribution in [0.25, 0.3) is 32.7 Å². The molecule has 18 N–H and O–H groups in total. The van der Waals surface area contributed by atoms with E-state index in [0.29, 0.717) is 121 Å². The van der Waals surface area contributed by atoms with Crippen LogP contribution in [0.4, 0.5) is 0 Å². The molecule has 0 saturated carbocycles. The number of carbonyl (C=O) groups excluding carboxylic acids is 8. The molecule has 5 aromatic carbocycles. The van der Waals surface area contributed by atoms with Gasteiger partial charge >= 0.3 is 0 Å². The summed E-state index contributed by atoms with van der Waals surface area (Å²) in [5.41, 5.74) is 23.0. The van der Waals surface area contributed by atoms with Crippen LogP contribution in [0.15, 0.2) is 158 Å². The Kier molecular flexibility index (Phi) is 31.8. The highest BCUT2D eigenvalue weighted by molar-refractivity contribution is 7.99. The predicted molar refractivity (Wildman–Crippen MR) is 496 cm³/mol. The molecule has 14 rings (SSSR count). The summed E-state index contributed by atoms with van der Waals surface area (Å²) >= 11 is 3.79. The molecule has 30 heteroatoms. The highest BCUT2D eigenvalue weighted by atomic mass is 32.2. The van der Waals surface area contributed by atoms with E-state index in [1.807, 2.05) is 78.1 Å². The van der Waals surface area contributed by atoms with Crippen LogP contribution in [0.2, 0.25) is 0 Å². The fourth-order valence-electron chi connectivity index (χ4n) is 19.8. The molecule has 0 bridgehead atoms. The molecule has 3 saturated heterocycles. The number of phenolic OH excluding ortho intramolecular Hbond substituents is 1. The van der Waals surface area contributed by atoms with E-state index in [0.717, 1.165) is 61.2 Å². The van der Waals surface area contributed by atoms with Gasteiger partial charge in [-0.15, -0.1) is 0 Å². The molecule has 7 heterocycles. The minimum Gasteiger partial charge on any atom is -0.508 e. The second kappa shape index (κ2) is 43.7. The number of hydrogen-bond donors (Lipinski definition) is 16. The van der Waals surface area contributed by atoms with Gasteiger partial charge in [-0.25, -0.2) is 0 Å². The van der Waals surface area contributed by atoms with E-state index in [4.69, 9.17) is 16.9 Å². The Morgan fingerprint density at radius 3 is 1.63 bits per heavy atom. The lowest BCUT2D eigenvalue weighted by molar-refractivity contribution is -0.136. The number of nitrogens with zero attached hydrogens (tertiary/aromatic N) is 4. The third-order valence-electron chi connectivity index (χ3n) is 26.3. The summed E-state index contributed by atoms with van der Waals surface area (Å²) in [7, 11) is 4.52. The normalized spacial score (nSPS) is 25.1. The summed E-state index contributed by atoms with van der Waals surface area (Å²) in [6, 6.07) is 29.6. The number of thioether (sulfide) groups is 2. The average Bonchev–Trinajstić information content (AvgIpc) is 1.54. The minimum atomic E-state index is -1.66. The van der Waals surface area contributed by atoms with E-state index < -0.39 is 95.8 Å². The van der Waals surface area contributed by atoms with Crippen molar-refractivity contribution in [3.05, 3.63) is 203 Å². The van der Waals surface area contributed by atoms with Crippen molar-refractivity contribution in [2.75, 3.05) is 76.4 Å². The van der Waals surface area contributed by atoms with Gasteiger partial charge in [-0.1, -0.05) is 97.8 Å². The van der Waals surface area contributed by atoms with Crippen LogP contribution >= 0.6 is 23.5 Å². The summed E-state index contributed by atoms with van der Waals surface area (Å²) in [4.78, 5) is 146. The molecule has 5 aliphatic rings. The first-order valence-electron chi connectivity index (χ1n) is 44.9. The summed E-state index contributed by atoms with van der Waals surface area (Å²) < 4.78 is 0. The lowest BCUT2D eigenvalue weighted by atomic mass is 9.73. The number of phenols is 1. The number of aliphatic hydroxyl groups excluding tert-OH is 1. The van der Waals surface area contributed by atoms with Gasteiger partial charge in [0.2, 0.25) is 41.4 Å². The monoisotopic (exact) mass is 1750 g/mol. The lowest BCUT2D eigenvalue weighted by Gasteiger charge is -2.45. The van der Waals surface area contributed by atoms with Crippen LogP contribution < -0.4 is 54.0 Å². The van der Waals surface area contributed by atoms with Crippen molar-refractivity contribution in [3.8, 4) is 5.75 Å². The van der Waals surface area contributed by atoms with Crippen molar-refractivity contribution < 1.29 is 48.6 Å². The smallest absolute Gasteiger partial charge is 0.245 e. The summed E-state index contributed by atoms with van der Waals surface area (Å²) in [6.07, 6.45) is 13.9. The fourth-order valence-corrected chi connectivity index (χ4v) is 22.0. The average molecular weight is 1750 g/mol. The van der Waals surface area contributed by atoms with E-state index in [1.54, 1.807) is 42.9 Å². The summed E-state index contributed by atoms with van der Waals surface area (Å²) in [5.74, 6) is -1.12. The van der Waals surface area contributed by atoms with Crippen LogP contribution in [-0.2, 0) is 76.9 Å². The number of benzene rings is 5. The summed E-state index contributed by atoms with van der Waals surface area (Å²) in [5, 5.41) is 57.0. The zero-order valence-corrected chi connectivity index (χ0v) is 74.0. The number of H-pyrrole nitrogens is 3. The molecule has 126 heavy (non-hydrogen) atoms. The maximum Gasteiger partial charge on any atom is 0.245 e. The number of aromatic amines is 3. The zero-order chi connectivity index (χ0) is 88.3. The maximum absolute atomic E-state index is 16.3. The van der Waals surface area contributed by atoms with E-state index in [9.17, 15) is 15.0 Å². The van der Waals surface area contributed by atoms with E-state index in [-0.39, 0.29) is 81.9 Å². The third kappa shape index (κ3) is 23.4. The number of Topliss-reactive ketones (excluding diaryl/α,β-unsaturated/α-hetero) is 1. The Bertz CT molecular complexity index is 5110. The topological polar surface area (TPSA) is 419 Å². The number of aromatic nitrogens is 4. The molecule has 9 aromatic rings. The second-order valence-electron chi connectivity index (χ2n) is 35.3. The van der Waals surface area contributed by atoms with Crippen molar-refractivity contribution >= 4 is 109 Å². The van der Waals surface area contributed by atoms with E-state index >= 15 is 33.6 Å². The largest absolute Gasteiger partial charge is 0.508 e. The number of para-hydroxylation sites is 1. The molecule has 0 unspecified atom stereocenters. The number of pyridine rings is 1. The Morgan fingerprint density at radius 1 is 0.548 bits per heavy atom. The number of ketones is 1. The van der Waals surface area contributed by atoms with Gasteiger partial charge in [-0.05, 0) is 215 Å². The molecular formula is C96H124N18O10S2. The number of piperidine rings is 2. The number of likely N-dealkylation sites (N-methyl/N-ethyl adjacent to an activating group) is 2. The molecule has 0 spiro atoms. The van der Waals surface area contributed by atoms with Crippen molar-refractivity contribution in [1.29, 1.82) is 5.41 Å². The number of amides is 7. The number of nitrogens with two attached hydrogens (primary N) is 2. The SMILES string of the molecule is C[C@@H](O)[C@@H]1NC(=O)[C@H](CCCCN)NC(=O)[C@@H](Cc2c[nH]c3ccccc23)NC(=O)[C@H](Cc2ccncc2)NC(=O)[C@H](Cc2ccccc2)NC(=O)[C@H](CCCNC(=N)N)NC(=O)[C@H](N(CCSC[C@@H]2C[C@@H]3c4cccc5[nH]cc(c45)C[C@H]3N(C)C2)CCSC[C@@H]2C[C@@H]3c4cccc5[nH]cc(c45)C[C@H]3N(C)C2)CCCCCC(=O)[C@H](Cc2ccc(O)cc2)NC1=O. The van der Waals surface area contributed by atoms with E-state index in [1.165, 1.54) is 63.1 Å². The molecule has 0 radical (unpaired) electrons. The molecule has 3 fully saturated rings. The summed E-state index contributed by atoms with van der Waals surface area (Å²) in [6.45, 7) is 4.68. The molecule has 3 aliphatic heterocycles. The number of aliphatic hydroxyl groups is 1. The zero-order valence-electron chi connectivity index (χ0n) is 72.4. The standard InChI is InChI=1S/C96H124N18O10S2/c1-58(115)88-95(124)107-78(45-60-29-31-67(116)32-30-60)85(117)28-9-5-8-27-82(114(39-41-125-56-62-43-71-69-20-14-24-74-86(69)65(52-103-74)49-83(71)112(2)54-62)40-42-126-57-63-44-72-70-21-15-25-75-87(70)66(53-104-75)50-84(72)113(3)55-63)94(123)106-77(26-16-36-101-96(98)99)89(118)108-79(46-59-17-6-4-7-18-59)91(120)109-80(47-61-33-37-100-38-34-61)92(121)110-81(48-64-51-102-73-22-11-10-19-68(64)73)93(122)105-76(90(119)111-88)23-12-13-35-97/h4,6-7,10-11,14-15,17-22,24-25,29-34,37-38,51-53,58,62-63,71-72,76-84,88,102-104,115-116H,5,8-9,12-13,16,23,26-28,35-36,39-50,54-57,97H2,1-3H3,(H,105,122)(H,106,123)(H,107,124)(H,108,118)(H,109,120)(H,110,121)(H,111,119)(H4,98,99,101)/t58-,62-,63-,71-,72-,76+,77+,78+,79+,80+,81-,82-,83-,84-,88+/m1/s1. The minimum absolute atomic E-state index is 0.00617. The Hall–Kier alpha value is -10.6. The van der Waals surface area contributed by atoms with Gasteiger partial charge in [0, 0.05) is 158 Å². The number of aromatic hydroxyl groups is 1. The Balaban J connectivity index is 0.797. The van der Waals surface area contributed by atoms with E-state index in [2.05, 4.69) is 140 Å². The number of carbonyl (C=O) groups is 8. The Labute approximate surface area is 745 Å². The second-order valence-corrected chi connectivity index (χ2v) is 37.6. The number of rotatable bonds is 28. The molecule has 7 amide bonds. The van der Waals surface area contributed by atoms with Gasteiger partial charge in [-0.2, -0.15) is 23.5 Å². The van der Waals surface area contributed by atoms with Gasteiger partial charge in [0.15, 0.2) is 11.7 Å². The van der Waals surface area contributed by atoms with Crippen molar-refractivity contribution in [2.24, 2.45) is 23.3 Å². The number of hydrogen-bond acceptors (Lipinski definition) is 18. The predicted octanol–water partition coefficient (Wildman–Crippen LogP) is 7.66. The van der Waals surface area contributed by atoms with Crippen molar-refractivity contribution in [2.45, 2.75) is 201 Å². The maximum atomic E-state index is 16.3. The van der Waals surface area contributed by atoms with Crippen LogP contribution in [0.5, 0.6) is 5.75 Å². The van der Waals surface area contributed by atoms with Gasteiger partial charge in [0.1, 0.15) is 42.0 Å². The first-order chi connectivity index (χ1) is 61.1. The quantitative estimate of drug-likeness (QED) is 0.0127. The van der Waals surface area contributed by atoms with Gasteiger partial charge in [0.25, 0.3) is 0 Å². The molecule has 4 aromatic heterocycles. The molecule has 28 nitrogen and oxygen atoms in total. The van der Waals surface area contributed by atoms with Gasteiger partial charge in [-0.3, -0.25) is 53.6 Å². The Morgan fingerprint density at radius 2 is 1.05 bits per heavy atom. The van der Waals surface area contributed by atoms with Crippen LogP contribution in [0.1, 0.15) is 140 Å². The molecule has 670 valence electrons. The molecule has 2 aliphatic carbocycles. The van der Waals surface area contributed by atoms with Crippen LogP contribution in [-0.4, -0.2) is 241 Å². The lowest BCUT2D eigenvalue weighted by Crippen LogP contribution is -2.62. The fraction of sp³-hybridized carbons (Fsp3) is 0.479. The van der Waals surface area contributed by atoms with Crippen LogP contribution in [0, 0.1) is 17.2 Å². The number of likely N-dealkylation sites (tertiary alicyclic amines) is 2. The van der Waals surface area contributed by atoms with Crippen molar-refractivity contribution in [1.82, 2.24) is 77.2 Å². The highest BCUT2D eigenvalue weighted by Gasteiger charge is 2.43. The number of fused-ring (bicyclic) bond motifs is 5. The highest BCUT2D eigenvalue weighted by Crippen LogP contribution is 2.47. The number of guanidine groups is 1. The number of unbranched alkanes of at least 4 members (excludes halogenated alkanes) is 1. The first kappa shape index (κ1) is 91.6. The first-order valence-corrected chi connectivity index (χ1v) is 47.3. The van der Waals surface area contributed by atoms with Crippen LogP contribution in [0.3, 0.4) is 0 Å². The molecular weight excluding hydrogens is 1630 g/mol. The van der Waals surface area contributed by atoms with Crippen molar-refractivity contribution in [3.63, 3.8) is 0 Å². The number of nitrogens with one attached hydrogen (secondary N) is 12.